The van der Waals surface area contributed by atoms with E-state index in [1.54, 1.807) is 37.3 Å². The molecule has 7 heteroatoms. The molecule has 0 saturated carbocycles. The normalized spacial score (nSPS) is 11.2. The lowest BCUT2D eigenvalue weighted by Gasteiger charge is -2.11. The van der Waals surface area contributed by atoms with Crippen molar-refractivity contribution in [1.82, 2.24) is 0 Å². The van der Waals surface area contributed by atoms with Gasteiger partial charge >= 0.3 is 7.12 Å². The molecule has 0 aromatic heterocycles. The molecule has 0 radical (unpaired) electrons. The number of nitrogens with one attached hydrogen (secondary N) is 1. The Morgan fingerprint density at radius 1 is 1.05 bits per heavy atom. The lowest BCUT2D eigenvalue weighted by atomic mass is 9.80. The van der Waals surface area contributed by atoms with Gasteiger partial charge in [-0.2, -0.15) is 0 Å². The van der Waals surface area contributed by atoms with Crippen molar-refractivity contribution >= 4 is 28.3 Å². The van der Waals surface area contributed by atoms with Crippen molar-refractivity contribution in [2.75, 3.05) is 4.72 Å². The lowest BCUT2D eigenvalue weighted by molar-refractivity contribution is 0.426. The number of rotatable bonds is 4. The van der Waals surface area contributed by atoms with Crippen LogP contribution in [-0.2, 0) is 10.0 Å². The molecule has 2 aromatic carbocycles. The van der Waals surface area contributed by atoms with Gasteiger partial charge in [-0.15, -0.1) is 0 Å². The fourth-order valence-corrected chi connectivity index (χ4v) is 3.13. The average molecular weight is 291 g/mol. The molecule has 0 aliphatic carbocycles. The van der Waals surface area contributed by atoms with Gasteiger partial charge in [0, 0.05) is 5.69 Å². The molecule has 2 aromatic rings. The maximum Gasteiger partial charge on any atom is 0.488 e. The zero-order chi connectivity index (χ0) is 14.8. The summed E-state index contributed by atoms with van der Waals surface area (Å²) in [6.45, 7) is 1.71. The van der Waals surface area contributed by atoms with Gasteiger partial charge in [0.05, 0.1) is 4.90 Å². The highest BCUT2D eigenvalue weighted by molar-refractivity contribution is 7.92. The maximum atomic E-state index is 12.3. The second kappa shape index (κ2) is 5.66. The summed E-state index contributed by atoms with van der Waals surface area (Å²) in [5.74, 6) is 0. The Morgan fingerprint density at radius 2 is 1.75 bits per heavy atom. The van der Waals surface area contributed by atoms with E-state index < -0.39 is 17.1 Å². The van der Waals surface area contributed by atoms with Crippen LogP contribution in [0.3, 0.4) is 0 Å². The van der Waals surface area contributed by atoms with E-state index in [0.29, 0.717) is 5.56 Å². The molecule has 0 spiro atoms. The highest BCUT2D eigenvalue weighted by atomic mass is 32.2. The molecule has 3 N–H and O–H groups in total. The van der Waals surface area contributed by atoms with Crippen molar-refractivity contribution in [3.63, 3.8) is 0 Å². The van der Waals surface area contributed by atoms with Gasteiger partial charge in [0.15, 0.2) is 0 Å². The molecule has 0 aliphatic rings. The Labute approximate surface area is 118 Å². The van der Waals surface area contributed by atoms with Crippen molar-refractivity contribution in [3.05, 3.63) is 54.1 Å². The van der Waals surface area contributed by atoms with Gasteiger partial charge < -0.3 is 10.0 Å². The summed E-state index contributed by atoms with van der Waals surface area (Å²) in [5.41, 5.74) is 1.13. The van der Waals surface area contributed by atoms with Gasteiger partial charge in [0.25, 0.3) is 10.0 Å². The summed E-state index contributed by atoms with van der Waals surface area (Å²) in [6, 6.07) is 12.6. The second-order valence-electron chi connectivity index (χ2n) is 4.37. The fourth-order valence-electron chi connectivity index (χ4n) is 1.83. The molecule has 0 fully saturated rings. The molecule has 2 rings (SSSR count). The Morgan fingerprint density at radius 3 is 2.40 bits per heavy atom. The van der Waals surface area contributed by atoms with Crippen molar-refractivity contribution in [3.8, 4) is 0 Å². The molecule has 0 amide bonds. The minimum atomic E-state index is -3.70. The smallest absolute Gasteiger partial charge is 0.423 e. The summed E-state index contributed by atoms with van der Waals surface area (Å²) in [4.78, 5) is 0.190. The number of hydrogen-bond donors (Lipinski definition) is 3. The third kappa shape index (κ3) is 3.19. The molecule has 0 unspecified atom stereocenters. The summed E-state index contributed by atoms with van der Waals surface area (Å²) in [6.07, 6.45) is 0. The van der Waals surface area contributed by atoms with Crippen LogP contribution in [0.1, 0.15) is 5.56 Å². The van der Waals surface area contributed by atoms with E-state index in [1.807, 2.05) is 0 Å². The average Bonchev–Trinajstić information content (AvgIpc) is 2.38. The molecular formula is C13H14BNO4S. The highest BCUT2D eigenvalue weighted by Crippen LogP contribution is 2.18. The Balaban J connectivity index is 2.34. The minimum absolute atomic E-state index is 0.190. The SMILES string of the molecule is Cc1ccccc1S(=O)(=O)Nc1cccc(B(O)O)c1. The second-order valence-corrected chi connectivity index (χ2v) is 6.02. The van der Waals surface area contributed by atoms with Crippen molar-refractivity contribution < 1.29 is 18.5 Å². The van der Waals surface area contributed by atoms with Crippen LogP contribution in [0, 0.1) is 6.92 Å². The maximum absolute atomic E-state index is 12.3. The van der Waals surface area contributed by atoms with E-state index in [-0.39, 0.29) is 16.0 Å². The molecule has 0 atom stereocenters. The quantitative estimate of drug-likeness (QED) is 0.715. The Kier molecular flexibility index (Phi) is 4.13. The van der Waals surface area contributed by atoms with Crippen LogP contribution < -0.4 is 10.2 Å². The van der Waals surface area contributed by atoms with Gasteiger partial charge in [-0.05, 0) is 36.1 Å². The van der Waals surface area contributed by atoms with Crippen molar-refractivity contribution in [2.24, 2.45) is 0 Å². The first-order valence-corrected chi connectivity index (χ1v) is 7.43. The van der Waals surface area contributed by atoms with Crippen molar-refractivity contribution in [2.45, 2.75) is 11.8 Å². The monoisotopic (exact) mass is 291 g/mol. The van der Waals surface area contributed by atoms with Gasteiger partial charge in [-0.1, -0.05) is 30.3 Å². The van der Waals surface area contributed by atoms with E-state index >= 15 is 0 Å². The van der Waals surface area contributed by atoms with Gasteiger partial charge in [-0.25, -0.2) is 8.42 Å². The van der Waals surface area contributed by atoms with Gasteiger partial charge in [0.2, 0.25) is 0 Å². The van der Waals surface area contributed by atoms with E-state index in [1.165, 1.54) is 18.2 Å². The molecule has 0 heterocycles. The third-order valence-corrected chi connectivity index (χ3v) is 4.36. The largest absolute Gasteiger partial charge is 0.488 e. The topological polar surface area (TPSA) is 86.6 Å². The van der Waals surface area contributed by atoms with Crippen molar-refractivity contribution in [1.29, 1.82) is 0 Å². The van der Waals surface area contributed by atoms with E-state index in [9.17, 15) is 8.42 Å². The standard InChI is InChI=1S/C13H14BNO4S/c1-10-5-2-3-8-13(10)20(18,19)15-12-7-4-6-11(9-12)14(16)17/h2-9,15-17H,1H3. The zero-order valence-electron chi connectivity index (χ0n) is 10.8. The highest BCUT2D eigenvalue weighted by Gasteiger charge is 2.17. The number of sulfonamides is 1. The predicted molar refractivity (Wildman–Crippen MR) is 78.3 cm³/mol. The van der Waals surface area contributed by atoms with Crippen LogP contribution in [-0.4, -0.2) is 25.6 Å². The third-order valence-electron chi connectivity index (χ3n) is 2.82. The van der Waals surface area contributed by atoms with Crippen LogP contribution in [0.25, 0.3) is 0 Å². The van der Waals surface area contributed by atoms with Crippen LogP contribution in [0.15, 0.2) is 53.4 Å². The summed E-state index contributed by atoms with van der Waals surface area (Å²) in [7, 11) is -5.34. The van der Waals surface area contributed by atoms with Crippen LogP contribution in [0.5, 0.6) is 0 Å². The first-order valence-electron chi connectivity index (χ1n) is 5.95. The van der Waals surface area contributed by atoms with Gasteiger partial charge in [0.1, 0.15) is 0 Å². The molecule has 20 heavy (non-hydrogen) atoms. The summed E-state index contributed by atoms with van der Waals surface area (Å²) in [5, 5.41) is 18.2. The van der Waals surface area contributed by atoms with Gasteiger partial charge in [-0.3, -0.25) is 4.72 Å². The molecule has 5 nitrogen and oxygen atoms in total. The van der Waals surface area contributed by atoms with Crippen LogP contribution in [0.2, 0.25) is 0 Å². The molecule has 0 saturated heterocycles. The zero-order valence-corrected chi connectivity index (χ0v) is 11.6. The molecular weight excluding hydrogens is 277 g/mol. The Bertz CT molecular complexity index is 716. The first kappa shape index (κ1) is 14.6. The lowest BCUT2D eigenvalue weighted by Crippen LogP contribution is -2.30. The van der Waals surface area contributed by atoms with Crippen LogP contribution >= 0.6 is 0 Å². The first-order chi connectivity index (χ1) is 9.40. The predicted octanol–water partition coefficient (Wildman–Crippen LogP) is 0.476. The van der Waals surface area contributed by atoms with E-state index in [2.05, 4.69) is 4.72 Å². The number of hydrogen-bond acceptors (Lipinski definition) is 4. The fraction of sp³-hybridized carbons (Fsp3) is 0.0769. The number of benzene rings is 2. The van der Waals surface area contributed by atoms with E-state index in [0.717, 1.165) is 0 Å². The summed E-state index contributed by atoms with van der Waals surface area (Å²) < 4.78 is 27.0. The number of aryl methyl sites for hydroxylation is 1. The molecule has 0 bridgehead atoms. The molecule has 0 aliphatic heterocycles. The number of anilines is 1. The minimum Gasteiger partial charge on any atom is -0.423 e. The molecule has 104 valence electrons. The summed E-state index contributed by atoms with van der Waals surface area (Å²) >= 11 is 0. The van der Waals surface area contributed by atoms with Crippen LogP contribution in [0.4, 0.5) is 5.69 Å². The Hall–Kier alpha value is -1.83. The van der Waals surface area contributed by atoms with E-state index in [4.69, 9.17) is 10.0 Å².